The molecule has 3 amide bonds. The third-order valence-electron chi connectivity index (χ3n) is 7.18. The SMILES string of the molecule is CNC(=O)CCNC(=O)C(N)CCN(C(=O)CO)[C@@H](c1cc(-c2cc(F)ccc2F)cn1Cc1ccccc1)C(C)(C)C. The zero-order valence-electron chi connectivity index (χ0n) is 25.1. The Morgan fingerprint density at radius 3 is 2.40 bits per heavy atom. The molecule has 0 saturated carbocycles. The van der Waals surface area contributed by atoms with Crippen molar-refractivity contribution >= 4 is 17.7 Å². The average Bonchev–Trinajstić information content (AvgIpc) is 3.37. The highest BCUT2D eigenvalue weighted by Crippen LogP contribution is 2.41. The van der Waals surface area contributed by atoms with Gasteiger partial charge in [-0.15, -0.1) is 0 Å². The van der Waals surface area contributed by atoms with E-state index in [0.717, 1.165) is 23.8 Å². The quantitative estimate of drug-likeness (QED) is 0.240. The predicted octanol–water partition coefficient (Wildman–Crippen LogP) is 3.36. The summed E-state index contributed by atoms with van der Waals surface area (Å²) in [6.07, 6.45) is 1.91. The van der Waals surface area contributed by atoms with Crippen molar-refractivity contribution in [3.05, 3.63) is 83.7 Å². The van der Waals surface area contributed by atoms with Crippen molar-refractivity contribution in [1.29, 1.82) is 0 Å². The summed E-state index contributed by atoms with van der Waals surface area (Å²) in [5.41, 5.74) is 7.65. The number of carbonyl (C=O) groups excluding carboxylic acids is 3. The van der Waals surface area contributed by atoms with Crippen LogP contribution in [-0.4, -0.2) is 65.1 Å². The van der Waals surface area contributed by atoms with Crippen LogP contribution in [0.3, 0.4) is 0 Å². The lowest BCUT2D eigenvalue weighted by Crippen LogP contribution is -2.47. The molecular weight excluding hydrogens is 556 g/mol. The molecule has 43 heavy (non-hydrogen) atoms. The van der Waals surface area contributed by atoms with E-state index in [4.69, 9.17) is 5.73 Å². The normalized spacial score (nSPS) is 12.8. The van der Waals surface area contributed by atoms with Gasteiger partial charge < -0.3 is 30.9 Å². The molecule has 0 radical (unpaired) electrons. The lowest BCUT2D eigenvalue weighted by atomic mass is 9.82. The molecule has 232 valence electrons. The maximum atomic E-state index is 14.9. The van der Waals surface area contributed by atoms with Crippen molar-refractivity contribution in [2.45, 2.75) is 52.2 Å². The summed E-state index contributed by atoms with van der Waals surface area (Å²) in [6.45, 7) is 5.56. The minimum Gasteiger partial charge on any atom is -0.387 e. The standard InChI is InChI=1S/C32H41F2N5O4/c1-32(2,3)30(39(29(42)20-40)15-13-26(35)31(43)37-14-12-28(41)36-4)27-16-22(24-17-23(33)10-11-25(24)34)19-38(27)18-21-8-6-5-7-9-21/h5-11,16-17,19,26,30,40H,12-15,18,20,35H2,1-4H3,(H,36,41)(H,37,43)/t26?,30-/m0/s1. The Morgan fingerprint density at radius 1 is 1.07 bits per heavy atom. The zero-order chi connectivity index (χ0) is 31.7. The number of halogens is 2. The topological polar surface area (TPSA) is 130 Å². The Labute approximate surface area is 251 Å². The highest BCUT2D eigenvalue weighted by atomic mass is 19.1. The maximum Gasteiger partial charge on any atom is 0.248 e. The van der Waals surface area contributed by atoms with E-state index in [1.165, 1.54) is 11.9 Å². The number of rotatable bonds is 13. The van der Waals surface area contributed by atoms with Gasteiger partial charge in [0.2, 0.25) is 17.7 Å². The van der Waals surface area contributed by atoms with E-state index < -0.39 is 47.6 Å². The van der Waals surface area contributed by atoms with Crippen LogP contribution in [0.4, 0.5) is 8.78 Å². The third-order valence-corrected chi connectivity index (χ3v) is 7.18. The number of amides is 3. The molecule has 0 saturated heterocycles. The van der Waals surface area contributed by atoms with Gasteiger partial charge in [0.15, 0.2) is 0 Å². The molecule has 0 aliphatic rings. The van der Waals surface area contributed by atoms with Crippen molar-refractivity contribution in [2.24, 2.45) is 11.1 Å². The highest BCUT2D eigenvalue weighted by Gasteiger charge is 2.37. The van der Waals surface area contributed by atoms with Gasteiger partial charge in [0, 0.05) is 56.1 Å². The van der Waals surface area contributed by atoms with Crippen molar-refractivity contribution in [2.75, 3.05) is 26.7 Å². The lowest BCUT2D eigenvalue weighted by Gasteiger charge is -2.41. The van der Waals surface area contributed by atoms with Crippen molar-refractivity contribution in [3.63, 3.8) is 0 Å². The van der Waals surface area contributed by atoms with Crippen LogP contribution in [-0.2, 0) is 20.9 Å². The van der Waals surface area contributed by atoms with Crippen LogP contribution in [0.15, 0.2) is 60.8 Å². The summed E-state index contributed by atoms with van der Waals surface area (Å²) in [5.74, 6) is -2.44. The van der Waals surface area contributed by atoms with E-state index in [1.54, 1.807) is 12.3 Å². The van der Waals surface area contributed by atoms with E-state index in [0.29, 0.717) is 17.8 Å². The second-order valence-corrected chi connectivity index (χ2v) is 11.5. The van der Waals surface area contributed by atoms with Gasteiger partial charge in [-0.25, -0.2) is 8.78 Å². The summed E-state index contributed by atoms with van der Waals surface area (Å²) >= 11 is 0. The van der Waals surface area contributed by atoms with E-state index in [9.17, 15) is 28.3 Å². The van der Waals surface area contributed by atoms with Gasteiger partial charge in [-0.2, -0.15) is 0 Å². The number of aliphatic hydroxyl groups excluding tert-OH is 1. The molecule has 3 rings (SSSR count). The molecule has 11 heteroatoms. The number of nitrogens with two attached hydrogens (primary N) is 1. The van der Waals surface area contributed by atoms with Crippen LogP contribution in [0.2, 0.25) is 0 Å². The lowest BCUT2D eigenvalue weighted by molar-refractivity contribution is -0.140. The number of nitrogens with one attached hydrogen (secondary N) is 2. The van der Waals surface area contributed by atoms with Gasteiger partial charge in [-0.05, 0) is 41.7 Å². The van der Waals surface area contributed by atoms with Crippen LogP contribution in [0.25, 0.3) is 11.1 Å². The highest BCUT2D eigenvalue weighted by molar-refractivity contribution is 5.83. The Kier molecular flexibility index (Phi) is 11.6. The molecule has 0 fully saturated rings. The number of aliphatic hydroxyl groups is 1. The first-order valence-electron chi connectivity index (χ1n) is 14.2. The van der Waals surface area contributed by atoms with Gasteiger partial charge in [-0.3, -0.25) is 14.4 Å². The fourth-order valence-corrected chi connectivity index (χ4v) is 5.07. The van der Waals surface area contributed by atoms with Crippen molar-refractivity contribution in [1.82, 2.24) is 20.1 Å². The molecule has 0 spiro atoms. The fourth-order valence-electron chi connectivity index (χ4n) is 5.07. The van der Waals surface area contributed by atoms with Gasteiger partial charge in [0.1, 0.15) is 18.2 Å². The molecule has 9 nitrogen and oxygen atoms in total. The number of nitrogens with zero attached hydrogens (tertiary/aromatic N) is 2. The van der Waals surface area contributed by atoms with Crippen LogP contribution >= 0.6 is 0 Å². The van der Waals surface area contributed by atoms with Gasteiger partial charge in [0.05, 0.1) is 12.1 Å². The summed E-state index contributed by atoms with van der Waals surface area (Å²) in [5, 5.41) is 15.1. The molecule has 0 aliphatic heterocycles. The second-order valence-electron chi connectivity index (χ2n) is 11.5. The molecular formula is C32H41F2N5O4. The smallest absolute Gasteiger partial charge is 0.248 e. The Hall–Kier alpha value is -4.09. The fraction of sp³-hybridized carbons (Fsp3) is 0.406. The molecule has 0 aliphatic carbocycles. The minimum atomic E-state index is -0.979. The monoisotopic (exact) mass is 597 g/mol. The largest absolute Gasteiger partial charge is 0.387 e. The van der Waals surface area contributed by atoms with Crippen molar-refractivity contribution in [3.8, 4) is 11.1 Å². The van der Waals surface area contributed by atoms with Crippen LogP contribution in [0, 0.1) is 17.0 Å². The molecule has 1 aromatic heterocycles. The zero-order valence-corrected chi connectivity index (χ0v) is 25.1. The van der Waals surface area contributed by atoms with E-state index in [2.05, 4.69) is 10.6 Å². The third kappa shape index (κ3) is 8.95. The summed E-state index contributed by atoms with van der Waals surface area (Å²) < 4.78 is 31.0. The molecule has 5 N–H and O–H groups in total. The Morgan fingerprint density at radius 2 is 1.77 bits per heavy atom. The molecule has 3 aromatic rings. The molecule has 1 heterocycles. The minimum absolute atomic E-state index is 0.0333. The number of carbonyl (C=O) groups is 3. The van der Waals surface area contributed by atoms with Gasteiger partial charge in [-0.1, -0.05) is 51.1 Å². The number of hydrogen-bond acceptors (Lipinski definition) is 5. The summed E-state index contributed by atoms with van der Waals surface area (Å²) in [6, 6.07) is 12.9. The first-order valence-corrected chi connectivity index (χ1v) is 14.2. The van der Waals surface area contributed by atoms with Gasteiger partial charge in [0.25, 0.3) is 0 Å². The summed E-state index contributed by atoms with van der Waals surface area (Å²) in [7, 11) is 1.50. The van der Waals surface area contributed by atoms with Crippen molar-refractivity contribution < 1.29 is 28.3 Å². The number of aromatic nitrogens is 1. The van der Waals surface area contributed by atoms with Crippen LogP contribution in [0.1, 0.15) is 50.9 Å². The van der Waals surface area contributed by atoms with E-state index in [1.807, 2.05) is 55.7 Å². The number of benzene rings is 2. The Balaban J connectivity index is 2.01. The first kappa shape index (κ1) is 33.4. The van der Waals surface area contributed by atoms with Crippen LogP contribution in [0.5, 0.6) is 0 Å². The van der Waals surface area contributed by atoms with E-state index in [-0.39, 0.29) is 37.4 Å². The Bertz CT molecular complexity index is 1400. The molecule has 0 bridgehead atoms. The molecule has 1 unspecified atom stereocenters. The summed E-state index contributed by atoms with van der Waals surface area (Å²) in [4.78, 5) is 38.8. The molecule has 2 atom stereocenters. The van der Waals surface area contributed by atoms with Gasteiger partial charge >= 0.3 is 0 Å². The van der Waals surface area contributed by atoms with Crippen LogP contribution < -0.4 is 16.4 Å². The average molecular weight is 598 g/mol. The maximum absolute atomic E-state index is 14.9. The predicted molar refractivity (Wildman–Crippen MR) is 161 cm³/mol. The van der Waals surface area contributed by atoms with E-state index >= 15 is 0 Å². The first-order chi connectivity index (χ1) is 20.3. The number of hydrogen-bond donors (Lipinski definition) is 4. The second kappa shape index (κ2) is 14.9. The molecule has 2 aromatic carbocycles.